The lowest BCUT2D eigenvalue weighted by Gasteiger charge is -2.11. The van der Waals surface area contributed by atoms with Crippen LogP contribution in [0, 0.1) is 0 Å². The molecule has 0 fully saturated rings. The summed E-state index contributed by atoms with van der Waals surface area (Å²) < 4.78 is 40.1. The second kappa shape index (κ2) is 4.85. The first kappa shape index (κ1) is 12.7. The van der Waals surface area contributed by atoms with E-state index in [-0.39, 0.29) is 11.9 Å². The molecular formula is C11H9F3N2OS. The van der Waals surface area contributed by atoms with E-state index >= 15 is 0 Å². The number of rotatable bonds is 3. The van der Waals surface area contributed by atoms with E-state index in [1.54, 1.807) is 12.3 Å². The molecule has 18 heavy (non-hydrogen) atoms. The number of halogens is 3. The van der Waals surface area contributed by atoms with Gasteiger partial charge in [0.1, 0.15) is 11.9 Å². The van der Waals surface area contributed by atoms with Gasteiger partial charge in [0.05, 0.1) is 5.70 Å². The van der Waals surface area contributed by atoms with Gasteiger partial charge >= 0.3 is 6.36 Å². The summed E-state index contributed by atoms with van der Waals surface area (Å²) in [4.78, 5) is 0. The molecule has 0 saturated carbocycles. The van der Waals surface area contributed by atoms with Crippen LogP contribution in [0.15, 0.2) is 30.5 Å². The molecule has 2 rings (SSSR count). The van der Waals surface area contributed by atoms with Gasteiger partial charge in [0.25, 0.3) is 0 Å². The first-order valence-corrected chi connectivity index (χ1v) is 5.49. The molecule has 0 spiro atoms. The minimum Gasteiger partial charge on any atom is -0.406 e. The maximum Gasteiger partial charge on any atom is 0.573 e. The molecule has 0 bridgehead atoms. The maximum atomic E-state index is 12.1. The number of nitrogens with one attached hydrogen (secondary N) is 2. The van der Waals surface area contributed by atoms with Crippen LogP contribution < -0.4 is 15.4 Å². The van der Waals surface area contributed by atoms with Crippen LogP contribution in [0.3, 0.4) is 0 Å². The standard InChI is InChI=1S/C11H9F3N2OS/c12-11(13,14)17-8-3-1-2-7(4-8)9-5-15-10(6-18)16-9/h1-6,10,15-16H. The molecule has 1 aromatic rings. The van der Waals surface area contributed by atoms with Gasteiger partial charge in [0.15, 0.2) is 0 Å². The van der Waals surface area contributed by atoms with E-state index in [1.165, 1.54) is 23.6 Å². The van der Waals surface area contributed by atoms with Crippen molar-refractivity contribution in [1.82, 2.24) is 10.6 Å². The van der Waals surface area contributed by atoms with E-state index in [9.17, 15) is 13.2 Å². The number of benzene rings is 1. The Morgan fingerprint density at radius 1 is 1.33 bits per heavy atom. The third-order valence-corrected chi connectivity index (χ3v) is 2.51. The van der Waals surface area contributed by atoms with Crippen molar-refractivity contribution in [3.05, 3.63) is 36.0 Å². The predicted octanol–water partition coefficient (Wildman–Crippen LogP) is 2.40. The largest absolute Gasteiger partial charge is 0.573 e. The van der Waals surface area contributed by atoms with Crippen LogP contribution in [0.5, 0.6) is 5.75 Å². The molecule has 1 aliphatic rings. The number of alkyl halides is 3. The van der Waals surface area contributed by atoms with Gasteiger partial charge in [0.2, 0.25) is 0 Å². The lowest BCUT2D eigenvalue weighted by molar-refractivity contribution is -0.274. The van der Waals surface area contributed by atoms with Crippen LogP contribution in [-0.2, 0) is 0 Å². The fourth-order valence-electron chi connectivity index (χ4n) is 1.52. The molecule has 2 N–H and O–H groups in total. The monoisotopic (exact) mass is 274 g/mol. The highest BCUT2D eigenvalue weighted by Gasteiger charge is 2.31. The molecule has 1 aromatic carbocycles. The van der Waals surface area contributed by atoms with Crippen LogP contribution in [0.2, 0.25) is 0 Å². The SMILES string of the molecule is FC(F)(F)Oc1cccc(C2=CNC(C=S)N2)c1. The zero-order valence-corrected chi connectivity index (χ0v) is 9.81. The summed E-state index contributed by atoms with van der Waals surface area (Å²) in [6, 6.07) is 5.72. The van der Waals surface area contributed by atoms with Crippen molar-refractivity contribution in [2.75, 3.05) is 0 Å². The first-order valence-electron chi connectivity index (χ1n) is 5.02. The average Bonchev–Trinajstić information content (AvgIpc) is 2.75. The van der Waals surface area contributed by atoms with Crippen LogP contribution in [0.4, 0.5) is 13.2 Å². The topological polar surface area (TPSA) is 33.3 Å². The fourth-order valence-corrected chi connectivity index (χ4v) is 1.67. The summed E-state index contributed by atoms with van der Waals surface area (Å²) in [6.07, 6.45) is -3.23. The third kappa shape index (κ3) is 3.13. The lowest BCUT2D eigenvalue weighted by atomic mass is 10.1. The van der Waals surface area contributed by atoms with Crippen LogP contribution in [0.1, 0.15) is 5.56 Å². The van der Waals surface area contributed by atoms with Gasteiger partial charge in [-0.3, -0.25) is 0 Å². The zero-order chi connectivity index (χ0) is 13.2. The Bertz CT molecular complexity index is 487. The van der Waals surface area contributed by atoms with E-state index in [1.807, 2.05) is 0 Å². The molecule has 0 radical (unpaired) electrons. The molecule has 3 nitrogen and oxygen atoms in total. The molecule has 7 heteroatoms. The summed E-state index contributed by atoms with van der Waals surface area (Å²) in [5.41, 5.74) is 1.25. The highest BCUT2D eigenvalue weighted by molar-refractivity contribution is 7.79. The number of thiocarbonyl (C=S) groups is 1. The van der Waals surface area contributed by atoms with E-state index in [2.05, 4.69) is 15.4 Å². The van der Waals surface area contributed by atoms with Crippen molar-refractivity contribution < 1.29 is 17.9 Å². The molecule has 1 atom stereocenters. The highest BCUT2D eigenvalue weighted by Crippen LogP contribution is 2.25. The van der Waals surface area contributed by atoms with Crippen molar-refractivity contribution in [1.29, 1.82) is 0 Å². The van der Waals surface area contributed by atoms with E-state index < -0.39 is 6.36 Å². The number of hydrogen-bond acceptors (Lipinski definition) is 4. The molecule has 0 amide bonds. The van der Waals surface area contributed by atoms with Crippen molar-refractivity contribution in [3.8, 4) is 5.75 Å². The van der Waals surface area contributed by atoms with Gasteiger partial charge < -0.3 is 15.4 Å². The predicted molar refractivity (Wildman–Crippen MR) is 64.8 cm³/mol. The maximum absolute atomic E-state index is 12.1. The van der Waals surface area contributed by atoms with Crippen molar-refractivity contribution in [2.24, 2.45) is 0 Å². The molecular weight excluding hydrogens is 265 g/mol. The number of hydrogen-bond donors (Lipinski definition) is 2. The van der Waals surface area contributed by atoms with E-state index in [4.69, 9.17) is 12.2 Å². The molecule has 1 heterocycles. The Morgan fingerprint density at radius 3 is 2.72 bits per heavy atom. The summed E-state index contributed by atoms with van der Waals surface area (Å²) in [5.74, 6) is -0.256. The van der Waals surface area contributed by atoms with Gasteiger partial charge in [-0.05, 0) is 12.1 Å². The Hall–Kier alpha value is -1.76. The minimum absolute atomic E-state index is 0.192. The van der Waals surface area contributed by atoms with Crippen LogP contribution >= 0.6 is 12.2 Å². The van der Waals surface area contributed by atoms with Gasteiger partial charge in [-0.1, -0.05) is 24.4 Å². The average molecular weight is 274 g/mol. The van der Waals surface area contributed by atoms with Crippen molar-refractivity contribution in [2.45, 2.75) is 12.5 Å². The molecule has 0 saturated heterocycles. The molecule has 96 valence electrons. The Morgan fingerprint density at radius 2 is 2.11 bits per heavy atom. The summed E-state index contributed by atoms with van der Waals surface area (Å²) in [5, 5.41) is 7.41. The summed E-state index contributed by atoms with van der Waals surface area (Å²) >= 11 is 4.76. The third-order valence-electron chi connectivity index (χ3n) is 2.23. The summed E-state index contributed by atoms with van der Waals surface area (Å²) in [7, 11) is 0. The van der Waals surface area contributed by atoms with Gasteiger partial charge in [-0.2, -0.15) is 0 Å². The van der Waals surface area contributed by atoms with Gasteiger partial charge in [-0.25, -0.2) is 0 Å². The molecule has 0 aliphatic carbocycles. The molecule has 1 aliphatic heterocycles. The quantitative estimate of drug-likeness (QED) is 0.829. The highest BCUT2D eigenvalue weighted by atomic mass is 32.1. The van der Waals surface area contributed by atoms with Crippen molar-refractivity contribution in [3.63, 3.8) is 0 Å². The fraction of sp³-hybridized carbons (Fsp3) is 0.182. The normalized spacial score (nSPS) is 18.6. The van der Waals surface area contributed by atoms with Gasteiger partial charge in [0, 0.05) is 17.1 Å². The first-order chi connectivity index (χ1) is 8.48. The summed E-state index contributed by atoms with van der Waals surface area (Å²) in [6.45, 7) is 0. The smallest absolute Gasteiger partial charge is 0.406 e. The second-order valence-corrected chi connectivity index (χ2v) is 3.83. The second-order valence-electron chi connectivity index (χ2n) is 3.56. The Labute approximate surface area is 107 Å². The Balaban J connectivity index is 2.16. The molecule has 0 aromatic heterocycles. The lowest BCUT2D eigenvalue weighted by Crippen LogP contribution is -2.32. The number of ether oxygens (including phenoxy) is 1. The Kier molecular flexibility index (Phi) is 3.42. The van der Waals surface area contributed by atoms with Crippen molar-refractivity contribution >= 4 is 23.3 Å². The van der Waals surface area contributed by atoms with Crippen LogP contribution in [0.25, 0.3) is 5.70 Å². The molecule has 1 unspecified atom stereocenters. The van der Waals surface area contributed by atoms with Gasteiger partial charge in [-0.15, -0.1) is 13.2 Å². The van der Waals surface area contributed by atoms with Crippen LogP contribution in [-0.4, -0.2) is 17.9 Å². The minimum atomic E-state index is -4.69. The zero-order valence-electron chi connectivity index (χ0n) is 8.99. The van der Waals surface area contributed by atoms with E-state index in [0.717, 1.165) is 0 Å². The van der Waals surface area contributed by atoms with E-state index in [0.29, 0.717) is 11.3 Å².